The van der Waals surface area contributed by atoms with Crippen molar-refractivity contribution in [3.8, 4) is 5.75 Å². The summed E-state index contributed by atoms with van der Waals surface area (Å²) in [5, 5.41) is 3.51. The van der Waals surface area contributed by atoms with E-state index in [4.69, 9.17) is 4.74 Å². The van der Waals surface area contributed by atoms with Crippen LogP contribution in [0.1, 0.15) is 65.0 Å². The minimum absolute atomic E-state index is 0.212. The van der Waals surface area contributed by atoms with Crippen molar-refractivity contribution in [1.29, 1.82) is 0 Å². The summed E-state index contributed by atoms with van der Waals surface area (Å²) in [5.41, 5.74) is 1.30. The number of ether oxygens (including phenoxy) is 1. The molecule has 0 radical (unpaired) electrons. The average molecular weight is 277 g/mol. The predicted octanol–water partition coefficient (Wildman–Crippen LogP) is 4.95. The lowest BCUT2D eigenvalue weighted by atomic mass is 9.86. The smallest absolute Gasteiger partial charge is 0.124 e. The Bertz CT molecular complexity index is 375. The predicted molar refractivity (Wildman–Crippen MR) is 87.3 cm³/mol. The van der Waals surface area contributed by atoms with E-state index in [0.717, 1.165) is 5.75 Å². The first-order valence-electron chi connectivity index (χ1n) is 8.06. The van der Waals surface area contributed by atoms with E-state index in [1.807, 2.05) is 0 Å². The Kier molecular flexibility index (Phi) is 7.68. The van der Waals surface area contributed by atoms with Crippen LogP contribution in [0.3, 0.4) is 0 Å². The molecule has 1 rings (SSSR count). The van der Waals surface area contributed by atoms with Crippen LogP contribution in [-0.4, -0.2) is 13.2 Å². The number of hydrogen-bond acceptors (Lipinski definition) is 2. The number of unbranched alkanes of at least 4 members (excludes halogenated alkanes) is 1. The minimum Gasteiger partial charge on any atom is -0.491 e. The van der Waals surface area contributed by atoms with Crippen LogP contribution in [0, 0.1) is 5.92 Å². The summed E-state index contributed by atoms with van der Waals surface area (Å²) in [6, 6.07) is 8.83. The van der Waals surface area contributed by atoms with E-state index in [1.165, 1.54) is 31.2 Å². The Balaban J connectivity index is 2.97. The third-order valence-electron chi connectivity index (χ3n) is 3.85. The van der Waals surface area contributed by atoms with Gasteiger partial charge in [0.2, 0.25) is 0 Å². The van der Waals surface area contributed by atoms with Gasteiger partial charge in [-0.15, -0.1) is 0 Å². The fraction of sp³-hybridized carbons (Fsp3) is 0.667. The molecular weight excluding hydrogens is 246 g/mol. The Morgan fingerprint density at radius 1 is 1.15 bits per heavy atom. The first kappa shape index (κ1) is 17.0. The van der Waals surface area contributed by atoms with E-state index in [1.54, 1.807) is 0 Å². The van der Waals surface area contributed by atoms with Crippen molar-refractivity contribution >= 4 is 0 Å². The zero-order chi connectivity index (χ0) is 15.0. The van der Waals surface area contributed by atoms with E-state index >= 15 is 0 Å². The molecule has 0 aliphatic carbocycles. The van der Waals surface area contributed by atoms with Crippen molar-refractivity contribution in [3.63, 3.8) is 0 Å². The maximum atomic E-state index is 5.99. The van der Waals surface area contributed by atoms with Crippen LogP contribution in [-0.2, 0) is 0 Å². The second kappa shape index (κ2) is 9.02. The van der Waals surface area contributed by atoms with E-state index < -0.39 is 0 Å². The average Bonchev–Trinajstić information content (AvgIpc) is 2.44. The SMILES string of the molecule is CCCCC(CC)C(NC)c1ccccc1OC(C)C. The van der Waals surface area contributed by atoms with Gasteiger partial charge in [0.25, 0.3) is 0 Å². The van der Waals surface area contributed by atoms with Crippen molar-refractivity contribution in [2.24, 2.45) is 5.92 Å². The van der Waals surface area contributed by atoms with Gasteiger partial charge in [0.05, 0.1) is 6.10 Å². The highest BCUT2D eigenvalue weighted by molar-refractivity contribution is 5.36. The lowest BCUT2D eigenvalue weighted by molar-refractivity contribution is 0.232. The highest BCUT2D eigenvalue weighted by Crippen LogP contribution is 2.34. The molecule has 0 aromatic heterocycles. The van der Waals surface area contributed by atoms with Crippen LogP contribution in [0.25, 0.3) is 0 Å². The maximum Gasteiger partial charge on any atom is 0.124 e. The second-order valence-corrected chi connectivity index (χ2v) is 5.78. The topological polar surface area (TPSA) is 21.3 Å². The fourth-order valence-corrected chi connectivity index (χ4v) is 2.82. The normalized spacial score (nSPS) is 14.3. The minimum atomic E-state index is 0.212. The largest absolute Gasteiger partial charge is 0.491 e. The van der Waals surface area contributed by atoms with Gasteiger partial charge in [0, 0.05) is 11.6 Å². The molecule has 0 saturated heterocycles. The molecule has 0 amide bonds. The van der Waals surface area contributed by atoms with Crippen molar-refractivity contribution in [3.05, 3.63) is 29.8 Å². The molecule has 114 valence electrons. The van der Waals surface area contributed by atoms with Crippen LogP contribution in [0.5, 0.6) is 5.75 Å². The van der Waals surface area contributed by atoms with Gasteiger partial charge in [-0.3, -0.25) is 0 Å². The molecule has 0 saturated carbocycles. The summed E-state index contributed by atoms with van der Waals surface area (Å²) in [4.78, 5) is 0. The summed E-state index contributed by atoms with van der Waals surface area (Å²) in [7, 11) is 2.06. The summed E-state index contributed by atoms with van der Waals surface area (Å²) < 4.78 is 5.99. The Hall–Kier alpha value is -1.02. The lowest BCUT2D eigenvalue weighted by Gasteiger charge is -2.28. The van der Waals surface area contributed by atoms with Gasteiger partial charge in [-0.1, -0.05) is 51.3 Å². The molecule has 20 heavy (non-hydrogen) atoms. The molecule has 2 atom stereocenters. The number of hydrogen-bond donors (Lipinski definition) is 1. The van der Waals surface area contributed by atoms with Gasteiger partial charge in [0.15, 0.2) is 0 Å². The third-order valence-corrected chi connectivity index (χ3v) is 3.85. The van der Waals surface area contributed by atoms with Crippen molar-refractivity contribution < 1.29 is 4.74 Å². The summed E-state index contributed by atoms with van der Waals surface area (Å²) >= 11 is 0. The molecular formula is C18H31NO. The molecule has 1 aromatic rings. The van der Waals surface area contributed by atoms with E-state index in [0.29, 0.717) is 12.0 Å². The van der Waals surface area contributed by atoms with Gasteiger partial charge < -0.3 is 10.1 Å². The van der Waals surface area contributed by atoms with Gasteiger partial charge in [0.1, 0.15) is 5.75 Å². The maximum absolute atomic E-state index is 5.99. The Morgan fingerprint density at radius 3 is 2.40 bits per heavy atom. The van der Waals surface area contributed by atoms with Crippen molar-refractivity contribution in [2.45, 2.75) is 65.5 Å². The van der Waals surface area contributed by atoms with Crippen molar-refractivity contribution in [2.75, 3.05) is 7.05 Å². The summed E-state index contributed by atoms with van der Waals surface area (Å²) in [6.45, 7) is 8.71. The van der Waals surface area contributed by atoms with Gasteiger partial charge in [-0.05, 0) is 39.3 Å². The molecule has 0 spiro atoms. The standard InChI is InChI=1S/C18H31NO/c1-6-8-11-15(7-2)18(19-5)16-12-9-10-13-17(16)20-14(3)4/h9-10,12-15,18-19H,6-8,11H2,1-5H3. The molecule has 0 aliphatic heterocycles. The monoisotopic (exact) mass is 277 g/mol. The number of benzene rings is 1. The van der Waals surface area contributed by atoms with Gasteiger partial charge in [-0.25, -0.2) is 0 Å². The number of para-hydroxylation sites is 1. The third kappa shape index (κ3) is 4.82. The lowest BCUT2D eigenvalue weighted by Crippen LogP contribution is -2.26. The van der Waals surface area contributed by atoms with Gasteiger partial charge in [-0.2, -0.15) is 0 Å². The van der Waals surface area contributed by atoms with Crippen LogP contribution in [0.4, 0.5) is 0 Å². The van der Waals surface area contributed by atoms with Crippen LogP contribution in [0.15, 0.2) is 24.3 Å². The molecule has 2 nitrogen and oxygen atoms in total. The van der Waals surface area contributed by atoms with E-state index in [2.05, 4.69) is 64.3 Å². The molecule has 2 heteroatoms. The van der Waals surface area contributed by atoms with Crippen LogP contribution >= 0.6 is 0 Å². The zero-order valence-electron chi connectivity index (χ0n) is 13.8. The fourth-order valence-electron chi connectivity index (χ4n) is 2.82. The quantitative estimate of drug-likeness (QED) is 0.689. The second-order valence-electron chi connectivity index (χ2n) is 5.78. The highest BCUT2D eigenvalue weighted by atomic mass is 16.5. The number of rotatable bonds is 9. The molecule has 1 aromatic carbocycles. The first-order valence-corrected chi connectivity index (χ1v) is 8.06. The van der Waals surface area contributed by atoms with Crippen LogP contribution < -0.4 is 10.1 Å². The van der Waals surface area contributed by atoms with Crippen LogP contribution in [0.2, 0.25) is 0 Å². The van der Waals surface area contributed by atoms with E-state index in [-0.39, 0.29) is 6.10 Å². The summed E-state index contributed by atoms with van der Waals surface area (Å²) in [6.07, 6.45) is 5.24. The first-order chi connectivity index (χ1) is 9.63. The van der Waals surface area contributed by atoms with Gasteiger partial charge >= 0.3 is 0 Å². The molecule has 0 bridgehead atoms. The molecule has 0 aliphatic rings. The van der Waals surface area contributed by atoms with E-state index in [9.17, 15) is 0 Å². The van der Waals surface area contributed by atoms with Crippen molar-refractivity contribution in [1.82, 2.24) is 5.32 Å². The molecule has 2 unspecified atom stereocenters. The summed E-state index contributed by atoms with van der Waals surface area (Å²) in [5.74, 6) is 1.69. The Morgan fingerprint density at radius 2 is 1.85 bits per heavy atom. The zero-order valence-corrected chi connectivity index (χ0v) is 13.8. The molecule has 1 N–H and O–H groups in total. The Labute approximate surface area is 124 Å². The molecule has 0 heterocycles. The molecule has 0 fully saturated rings. The number of nitrogens with one attached hydrogen (secondary N) is 1. The highest BCUT2D eigenvalue weighted by Gasteiger charge is 2.23.